The van der Waals surface area contributed by atoms with E-state index in [0.29, 0.717) is 58.6 Å². The Morgan fingerprint density at radius 2 is 1.45 bits per heavy atom. The minimum atomic E-state index is -1.13. The molecular weight excluding hydrogens is 526 g/mol. The molecular formula is C27H47N3O10. The van der Waals surface area contributed by atoms with Crippen LogP contribution >= 0.6 is 0 Å². The number of hydrogen-bond acceptors (Lipinski definition) is 10. The van der Waals surface area contributed by atoms with Crippen molar-refractivity contribution in [3.05, 3.63) is 0 Å². The molecule has 0 aromatic rings. The monoisotopic (exact) mass is 573 g/mol. The number of nitrogens with one attached hydrogen (secondary N) is 2. The first-order valence-corrected chi connectivity index (χ1v) is 13.7. The number of carbonyl (C=O) groups excluding carboxylic acids is 5. The molecule has 0 aliphatic carbocycles. The Morgan fingerprint density at radius 1 is 0.875 bits per heavy atom. The maximum absolute atomic E-state index is 13.1. The summed E-state index contributed by atoms with van der Waals surface area (Å²) in [4.78, 5) is 62.2. The first kappa shape index (κ1) is 35.3. The van der Waals surface area contributed by atoms with Crippen molar-refractivity contribution in [1.29, 1.82) is 0 Å². The van der Waals surface area contributed by atoms with Gasteiger partial charge in [-0.05, 0) is 54.4 Å². The number of rotatable bonds is 17. The molecule has 230 valence electrons. The van der Waals surface area contributed by atoms with Crippen LogP contribution in [0.2, 0.25) is 0 Å². The first-order valence-electron chi connectivity index (χ1n) is 13.7. The zero-order valence-corrected chi connectivity index (χ0v) is 24.7. The molecule has 1 fully saturated rings. The molecule has 2 atom stereocenters. The summed E-state index contributed by atoms with van der Waals surface area (Å²) in [7, 11) is 0. The van der Waals surface area contributed by atoms with Gasteiger partial charge in [-0.25, -0.2) is 4.79 Å². The number of carbonyl (C=O) groups is 5. The van der Waals surface area contributed by atoms with Gasteiger partial charge in [-0.1, -0.05) is 0 Å². The van der Waals surface area contributed by atoms with E-state index in [-0.39, 0.29) is 26.1 Å². The first-order chi connectivity index (χ1) is 18.7. The van der Waals surface area contributed by atoms with Crippen LogP contribution in [-0.4, -0.2) is 111 Å². The van der Waals surface area contributed by atoms with E-state index in [1.165, 1.54) is 4.90 Å². The largest absolute Gasteiger partial charge is 0.460 e. The number of ether oxygens (including phenoxy) is 5. The Kier molecular flexibility index (Phi) is 15.7. The molecule has 1 aliphatic rings. The minimum absolute atomic E-state index is 0.0248. The molecule has 0 spiro atoms. The molecule has 40 heavy (non-hydrogen) atoms. The Bertz CT molecular complexity index is 822. The van der Waals surface area contributed by atoms with Crippen LogP contribution in [0.4, 0.5) is 4.79 Å². The zero-order chi connectivity index (χ0) is 30.2. The van der Waals surface area contributed by atoms with Crippen molar-refractivity contribution >= 4 is 30.2 Å². The van der Waals surface area contributed by atoms with Crippen LogP contribution in [-0.2, 0) is 42.9 Å². The van der Waals surface area contributed by atoms with Gasteiger partial charge in [0, 0.05) is 19.5 Å². The van der Waals surface area contributed by atoms with Gasteiger partial charge in [-0.2, -0.15) is 0 Å². The Labute approximate surface area is 236 Å². The molecule has 13 heteroatoms. The summed E-state index contributed by atoms with van der Waals surface area (Å²) in [5.74, 6) is -1.56. The van der Waals surface area contributed by atoms with Gasteiger partial charge >= 0.3 is 12.1 Å². The highest BCUT2D eigenvalue weighted by atomic mass is 16.6. The quantitative estimate of drug-likeness (QED) is 0.148. The predicted octanol–water partition coefficient (Wildman–Crippen LogP) is 1.36. The van der Waals surface area contributed by atoms with E-state index in [1.54, 1.807) is 41.5 Å². The molecule has 0 aromatic heterocycles. The van der Waals surface area contributed by atoms with Crippen LogP contribution in [0.25, 0.3) is 0 Å². The topological polar surface area (TPSA) is 159 Å². The predicted molar refractivity (Wildman–Crippen MR) is 145 cm³/mol. The lowest BCUT2D eigenvalue weighted by Gasteiger charge is -2.27. The zero-order valence-electron chi connectivity index (χ0n) is 24.7. The van der Waals surface area contributed by atoms with E-state index in [1.807, 2.05) is 0 Å². The van der Waals surface area contributed by atoms with E-state index in [9.17, 15) is 24.0 Å². The standard InChI is InChI=1S/C27H47N3O10/c1-26(2,3)39-23(33)18-21(24(34)30-11-7-8-20(30)19-31)29-22(32)9-12-36-14-16-38-17-15-37-13-10-28-25(35)40-27(4,5)6/h19-21H,7-18H2,1-6H3,(H,28,35)(H,29,32). The molecule has 1 aliphatic heterocycles. The van der Waals surface area contributed by atoms with Crippen LogP contribution < -0.4 is 10.6 Å². The lowest BCUT2D eigenvalue weighted by molar-refractivity contribution is -0.157. The molecule has 1 rings (SSSR count). The van der Waals surface area contributed by atoms with Gasteiger partial charge in [0.1, 0.15) is 23.5 Å². The molecule has 3 amide bonds. The maximum atomic E-state index is 13.1. The lowest BCUT2D eigenvalue weighted by Crippen LogP contribution is -2.51. The maximum Gasteiger partial charge on any atom is 0.407 e. The van der Waals surface area contributed by atoms with Gasteiger partial charge in [0.2, 0.25) is 11.8 Å². The number of aldehydes is 1. The Hall–Kier alpha value is -2.77. The molecule has 0 radical (unpaired) electrons. The highest BCUT2D eigenvalue weighted by Crippen LogP contribution is 2.18. The van der Waals surface area contributed by atoms with Gasteiger partial charge in [-0.15, -0.1) is 0 Å². The van der Waals surface area contributed by atoms with Crippen LogP contribution in [0, 0.1) is 0 Å². The summed E-state index contributed by atoms with van der Waals surface area (Å²) in [6.45, 7) is 12.8. The van der Waals surface area contributed by atoms with Gasteiger partial charge in [0.05, 0.1) is 52.1 Å². The Morgan fingerprint density at radius 3 is 2.02 bits per heavy atom. The summed E-state index contributed by atoms with van der Waals surface area (Å²) in [5, 5.41) is 5.19. The fourth-order valence-corrected chi connectivity index (χ4v) is 3.67. The number of hydrogen-bond donors (Lipinski definition) is 2. The molecule has 13 nitrogen and oxygen atoms in total. The highest BCUT2D eigenvalue weighted by Gasteiger charge is 2.35. The van der Waals surface area contributed by atoms with Crippen LogP contribution in [0.3, 0.4) is 0 Å². The number of nitrogens with zero attached hydrogens (tertiary/aromatic N) is 1. The summed E-state index contributed by atoms with van der Waals surface area (Å²) >= 11 is 0. The molecule has 1 saturated heterocycles. The molecule has 1 heterocycles. The van der Waals surface area contributed by atoms with Crippen molar-refractivity contribution in [1.82, 2.24) is 15.5 Å². The Balaban J connectivity index is 2.27. The lowest BCUT2D eigenvalue weighted by atomic mass is 10.1. The second-order valence-electron chi connectivity index (χ2n) is 11.3. The van der Waals surface area contributed by atoms with Crippen molar-refractivity contribution in [3.8, 4) is 0 Å². The molecule has 2 N–H and O–H groups in total. The highest BCUT2D eigenvalue weighted by molar-refractivity contribution is 5.92. The fraction of sp³-hybridized carbons (Fsp3) is 0.815. The van der Waals surface area contributed by atoms with Crippen molar-refractivity contribution < 1.29 is 47.7 Å². The minimum Gasteiger partial charge on any atom is -0.460 e. The van der Waals surface area contributed by atoms with Gasteiger partial charge in [-0.3, -0.25) is 14.4 Å². The number of alkyl carbamates (subject to hydrolysis) is 1. The van der Waals surface area contributed by atoms with Gasteiger partial charge in [0.15, 0.2) is 0 Å². The summed E-state index contributed by atoms with van der Waals surface area (Å²) in [6, 6.07) is -1.70. The normalized spacial score (nSPS) is 16.2. The van der Waals surface area contributed by atoms with Gasteiger partial charge in [0.25, 0.3) is 0 Å². The SMILES string of the molecule is CC(C)(C)OC(=O)CC(NC(=O)CCOCCOCCOCCNC(=O)OC(C)(C)C)C(=O)N1CCCC1C=O. The third kappa shape index (κ3) is 16.4. The van der Waals surface area contributed by atoms with E-state index >= 15 is 0 Å². The molecule has 0 bridgehead atoms. The number of esters is 1. The number of likely N-dealkylation sites (tertiary alicyclic amines) is 1. The van der Waals surface area contributed by atoms with Crippen molar-refractivity contribution in [2.45, 2.75) is 90.5 Å². The van der Waals surface area contributed by atoms with E-state index in [4.69, 9.17) is 23.7 Å². The van der Waals surface area contributed by atoms with Crippen molar-refractivity contribution in [2.24, 2.45) is 0 Å². The third-order valence-corrected chi connectivity index (χ3v) is 5.30. The summed E-state index contributed by atoms with van der Waals surface area (Å²) in [5.41, 5.74) is -1.29. The number of amides is 3. The average molecular weight is 574 g/mol. The van der Waals surface area contributed by atoms with Crippen molar-refractivity contribution in [3.63, 3.8) is 0 Å². The smallest absolute Gasteiger partial charge is 0.407 e. The van der Waals surface area contributed by atoms with Crippen molar-refractivity contribution in [2.75, 3.05) is 52.7 Å². The average Bonchev–Trinajstić information content (AvgIpc) is 3.30. The second-order valence-corrected chi connectivity index (χ2v) is 11.3. The third-order valence-electron chi connectivity index (χ3n) is 5.30. The fourth-order valence-electron chi connectivity index (χ4n) is 3.67. The van der Waals surface area contributed by atoms with Crippen LogP contribution in [0.1, 0.15) is 67.2 Å². The van der Waals surface area contributed by atoms with E-state index < -0.39 is 47.2 Å². The van der Waals surface area contributed by atoms with Crippen LogP contribution in [0.15, 0.2) is 0 Å². The molecule has 2 unspecified atom stereocenters. The van der Waals surface area contributed by atoms with E-state index in [0.717, 1.165) is 0 Å². The van der Waals surface area contributed by atoms with Crippen LogP contribution in [0.5, 0.6) is 0 Å². The summed E-state index contributed by atoms with van der Waals surface area (Å²) < 4.78 is 26.6. The molecule has 0 saturated carbocycles. The van der Waals surface area contributed by atoms with Gasteiger partial charge < -0.3 is 44.0 Å². The summed E-state index contributed by atoms with van der Waals surface area (Å²) in [6.07, 6.45) is 1.08. The van der Waals surface area contributed by atoms with E-state index in [2.05, 4.69) is 10.6 Å². The second kappa shape index (κ2) is 17.8. The molecule has 0 aromatic carbocycles.